The molecular weight excluding hydrogens is 275 g/mol. The van der Waals surface area contributed by atoms with Crippen molar-refractivity contribution in [3.05, 3.63) is 71.0 Å². The zero-order chi connectivity index (χ0) is 15.4. The van der Waals surface area contributed by atoms with Gasteiger partial charge in [0, 0.05) is 32.2 Å². The van der Waals surface area contributed by atoms with Gasteiger partial charge in [0.2, 0.25) is 0 Å². The monoisotopic (exact) mass is 298 g/mol. The third kappa shape index (κ3) is 3.73. The summed E-state index contributed by atoms with van der Waals surface area (Å²) in [7, 11) is 0. The van der Waals surface area contributed by atoms with Crippen LogP contribution in [-0.4, -0.2) is 24.5 Å². The zero-order valence-electron chi connectivity index (χ0n) is 13.1. The van der Waals surface area contributed by atoms with Crippen LogP contribution in [0.5, 0.6) is 0 Å². The molecule has 1 aliphatic heterocycles. The van der Waals surface area contributed by atoms with Crippen molar-refractivity contribution in [3.8, 4) is 0 Å². The first-order chi connectivity index (χ1) is 10.7. The fourth-order valence-electron chi connectivity index (χ4n) is 3.05. The minimum atomic E-state index is -0.178. The Balaban J connectivity index is 1.47. The second-order valence-corrected chi connectivity index (χ2v) is 6.02. The predicted octanol–water partition coefficient (Wildman–Crippen LogP) is 3.53. The fourth-order valence-corrected chi connectivity index (χ4v) is 3.05. The molecule has 116 valence electrons. The van der Waals surface area contributed by atoms with Gasteiger partial charge in [-0.25, -0.2) is 4.39 Å². The van der Waals surface area contributed by atoms with Gasteiger partial charge in [-0.15, -0.1) is 0 Å². The number of hydrogen-bond acceptors (Lipinski definition) is 2. The molecule has 3 rings (SSSR count). The van der Waals surface area contributed by atoms with Gasteiger partial charge in [-0.1, -0.05) is 36.4 Å². The first-order valence-electron chi connectivity index (χ1n) is 8.00. The Labute approximate surface area is 132 Å². The van der Waals surface area contributed by atoms with E-state index in [1.54, 1.807) is 0 Å². The van der Waals surface area contributed by atoms with Gasteiger partial charge >= 0.3 is 0 Å². The summed E-state index contributed by atoms with van der Waals surface area (Å²) in [5.74, 6) is -0.178. The summed E-state index contributed by atoms with van der Waals surface area (Å²) >= 11 is 0. The lowest BCUT2D eigenvalue weighted by Gasteiger charge is -2.29. The zero-order valence-corrected chi connectivity index (χ0v) is 13.1. The van der Waals surface area contributed by atoms with E-state index in [0.29, 0.717) is 0 Å². The lowest BCUT2D eigenvalue weighted by Crippen LogP contribution is -2.36. The molecule has 1 N–H and O–H groups in total. The highest BCUT2D eigenvalue weighted by atomic mass is 19.1. The first kappa shape index (κ1) is 15.2. The topological polar surface area (TPSA) is 15.3 Å². The summed E-state index contributed by atoms with van der Waals surface area (Å²) in [5.41, 5.74) is 4.08. The average molecular weight is 298 g/mol. The van der Waals surface area contributed by atoms with E-state index < -0.39 is 0 Å². The Morgan fingerprint density at radius 3 is 2.59 bits per heavy atom. The second-order valence-electron chi connectivity index (χ2n) is 6.02. The van der Waals surface area contributed by atoms with Gasteiger partial charge in [0.25, 0.3) is 0 Å². The molecule has 1 heterocycles. The number of fused-ring (bicyclic) bond motifs is 1. The smallest absolute Gasteiger partial charge is 0.123 e. The van der Waals surface area contributed by atoms with Crippen molar-refractivity contribution in [2.75, 3.05) is 19.6 Å². The fraction of sp³-hybridized carbons (Fsp3) is 0.368. The summed E-state index contributed by atoms with van der Waals surface area (Å²) in [6, 6.07) is 15.7. The van der Waals surface area contributed by atoms with Crippen LogP contribution in [0, 0.1) is 5.82 Å². The van der Waals surface area contributed by atoms with Crippen molar-refractivity contribution in [2.24, 2.45) is 0 Å². The van der Waals surface area contributed by atoms with E-state index >= 15 is 0 Å². The molecule has 0 saturated heterocycles. The van der Waals surface area contributed by atoms with Crippen molar-refractivity contribution >= 4 is 0 Å². The Morgan fingerprint density at radius 2 is 1.82 bits per heavy atom. The third-order valence-corrected chi connectivity index (χ3v) is 4.46. The van der Waals surface area contributed by atoms with Crippen LogP contribution >= 0.6 is 0 Å². The molecule has 2 aromatic carbocycles. The maximum absolute atomic E-state index is 12.9. The number of halogens is 1. The molecule has 0 radical (unpaired) electrons. The Morgan fingerprint density at radius 1 is 1.09 bits per heavy atom. The highest BCUT2D eigenvalue weighted by Gasteiger charge is 2.15. The van der Waals surface area contributed by atoms with Crippen molar-refractivity contribution < 1.29 is 4.39 Å². The normalized spacial score (nSPS) is 16.3. The molecule has 0 aromatic heterocycles. The van der Waals surface area contributed by atoms with Gasteiger partial charge in [-0.2, -0.15) is 0 Å². The largest absolute Gasteiger partial charge is 0.309 e. The second kappa shape index (κ2) is 7.03. The molecule has 0 spiro atoms. The van der Waals surface area contributed by atoms with E-state index in [2.05, 4.69) is 41.4 Å². The highest BCUT2D eigenvalue weighted by molar-refractivity contribution is 5.29. The maximum atomic E-state index is 12.9. The van der Waals surface area contributed by atoms with Crippen LogP contribution in [0.1, 0.15) is 29.7 Å². The van der Waals surface area contributed by atoms with Gasteiger partial charge in [0.05, 0.1) is 0 Å². The molecule has 0 aliphatic carbocycles. The van der Waals surface area contributed by atoms with Crippen LogP contribution in [0.3, 0.4) is 0 Å². The molecule has 0 bridgehead atoms. The van der Waals surface area contributed by atoms with Gasteiger partial charge < -0.3 is 5.32 Å². The Kier molecular flexibility index (Phi) is 4.86. The summed E-state index contributed by atoms with van der Waals surface area (Å²) in [5, 5.41) is 3.53. The molecule has 0 saturated carbocycles. The third-order valence-electron chi connectivity index (χ3n) is 4.46. The molecule has 1 unspecified atom stereocenters. The maximum Gasteiger partial charge on any atom is 0.123 e. The van der Waals surface area contributed by atoms with E-state index in [4.69, 9.17) is 0 Å². The summed E-state index contributed by atoms with van der Waals surface area (Å²) < 4.78 is 12.9. The molecule has 1 atom stereocenters. The number of rotatable bonds is 5. The summed E-state index contributed by atoms with van der Waals surface area (Å²) in [6.07, 6.45) is 1.14. The van der Waals surface area contributed by atoms with E-state index in [0.717, 1.165) is 38.2 Å². The summed E-state index contributed by atoms with van der Waals surface area (Å²) in [6.45, 7) is 6.28. The standard InChI is InChI=1S/C19H23FN2/c1-15(16-6-8-19(20)9-7-16)21-11-13-22-12-10-17-4-2-3-5-18(17)14-22/h2-9,15,21H,10-14H2,1H3. The van der Waals surface area contributed by atoms with Crippen LogP contribution in [0.25, 0.3) is 0 Å². The van der Waals surface area contributed by atoms with Crippen LogP contribution in [-0.2, 0) is 13.0 Å². The lowest BCUT2D eigenvalue weighted by molar-refractivity contribution is 0.251. The lowest BCUT2D eigenvalue weighted by atomic mass is 10.00. The number of benzene rings is 2. The van der Waals surface area contributed by atoms with Crippen LogP contribution in [0.2, 0.25) is 0 Å². The van der Waals surface area contributed by atoms with Crippen molar-refractivity contribution in [3.63, 3.8) is 0 Å². The van der Waals surface area contributed by atoms with Gasteiger partial charge in [0.1, 0.15) is 5.82 Å². The van der Waals surface area contributed by atoms with E-state index in [9.17, 15) is 4.39 Å². The van der Waals surface area contributed by atoms with Crippen LogP contribution in [0.15, 0.2) is 48.5 Å². The van der Waals surface area contributed by atoms with Gasteiger partial charge in [-0.05, 0) is 42.2 Å². The number of nitrogens with zero attached hydrogens (tertiary/aromatic N) is 1. The molecule has 22 heavy (non-hydrogen) atoms. The molecule has 3 heteroatoms. The molecule has 1 aliphatic rings. The molecule has 0 amide bonds. The van der Waals surface area contributed by atoms with Crippen molar-refractivity contribution in [1.82, 2.24) is 10.2 Å². The van der Waals surface area contributed by atoms with Crippen LogP contribution in [0.4, 0.5) is 4.39 Å². The van der Waals surface area contributed by atoms with Gasteiger partial charge in [-0.3, -0.25) is 4.90 Å². The predicted molar refractivity (Wildman–Crippen MR) is 88.2 cm³/mol. The van der Waals surface area contributed by atoms with Crippen molar-refractivity contribution in [2.45, 2.75) is 25.9 Å². The minimum absolute atomic E-state index is 0.178. The highest BCUT2D eigenvalue weighted by Crippen LogP contribution is 2.18. The first-order valence-corrected chi connectivity index (χ1v) is 8.00. The molecule has 2 nitrogen and oxygen atoms in total. The molecule has 0 fully saturated rings. The quantitative estimate of drug-likeness (QED) is 0.908. The van der Waals surface area contributed by atoms with E-state index in [-0.39, 0.29) is 11.9 Å². The Hall–Kier alpha value is -1.71. The van der Waals surface area contributed by atoms with E-state index in [1.807, 2.05) is 12.1 Å². The van der Waals surface area contributed by atoms with E-state index in [1.165, 1.54) is 23.3 Å². The average Bonchev–Trinajstić information content (AvgIpc) is 2.55. The minimum Gasteiger partial charge on any atom is -0.309 e. The molecular formula is C19H23FN2. The van der Waals surface area contributed by atoms with Gasteiger partial charge in [0.15, 0.2) is 0 Å². The summed E-state index contributed by atoms with van der Waals surface area (Å²) in [4.78, 5) is 2.49. The van der Waals surface area contributed by atoms with Crippen molar-refractivity contribution in [1.29, 1.82) is 0 Å². The number of hydrogen-bond donors (Lipinski definition) is 1. The SMILES string of the molecule is CC(NCCN1CCc2ccccc2C1)c1ccc(F)cc1. The molecule has 2 aromatic rings. The Bertz CT molecular complexity index is 609. The number of nitrogens with one attached hydrogen (secondary N) is 1. The van der Waals surface area contributed by atoms with Crippen LogP contribution < -0.4 is 5.32 Å².